The molecule has 1 heterocycles. The van der Waals surface area contributed by atoms with Crippen molar-refractivity contribution in [2.24, 2.45) is 0 Å². The highest BCUT2D eigenvalue weighted by molar-refractivity contribution is 7.18. The predicted molar refractivity (Wildman–Crippen MR) is 53.2 cm³/mol. The van der Waals surface area contributed by atoms with E-state index in [1.54, 1.807) is 19.1 Å². The van der Waals surface area contributed by atoms with Gasteiger partial charge in [-0.25, -0.2) is 0 Å². The Labute approximate surface area is 80.8 Å². The molecule has 4 heteroatoms. The van der Waals surface area contributed by atoms with Gasteiger partial charge in [-0.15, -0.1) is 11.3 Å². The Hall–Kier alpha value is -1.16. The molecular formula is C9H11NO2S. The Bertz CT molecular complexity index is 330. The molecule has 1 aromatic heterocycles. The molecule has 1 aromatic rings. The third-order valence-electron chi connectivity index (χ3n) is 1.54. The van der Waals surface area contributed by atoms with E-state index in [9.17, 15) is 9.59 Å². The van der Waals surface area contributed by atoms with E-state index in [1.165, 1.54) is 18.3 Å². The molecule has 0 aliphatic carbocycles. The third-order valence-corrected chi connectivity index (χ3v) is 2.64. The summed E-state index contributed by atoms with van der Waals surface area (Å²) in [7, 11) is 0. The zero-order chi connectivity index (χ0) is 9.84. The van der Waals surface area contributed by atoms with Crippen molar-refractivity contribution in [1.82, 2.24) is 0 Å². The molecule has 0 bridgehead atoms. The molecule has 0 aromatic carbocycles. The summed E-state index contributed by atoms with van der Waals surface area (Å²) >= 11 is 1.30. The summed E-state index contributed by atoms with van der Waals surface area (Å²) < 4.78 is 0. The average Bonchev–Trinajstić information content (AvgIpc) is 2.52. The minimum Gasteiger partial charge on any atom is -0.318 e. The Morgan fingerprint density at radius 3 is 2.62 bits per heavy atom. The van der Waals surface area contributed by atoms with Crippen LogP contribution in [-0.2, 0) is 4.79 Å². The summed E-state index contributed by atoms with van der Waals surface area (Å²) in [4.78, 5) is 22.6. The van der Waals surface area contributed by atoms with Crippen molar-refractivity contribution in [3.8, 4) is 0 Å². The number of hydrogen-bond acceptors (Lipinski definition) is 3. The Morgan fingerprint density at radius 1 is 1.46 bits per heavy atom. The van der Waals surface area contributed by atoms with Gasteiger partial charge in [-0.3, -0.25) is 9.59 Å². The Balaban J connectivity index is 2.69. The van der Waals surface area contributed by atoms with Crippen LogP contribution >= 0.6 is 11.3 Å². The number of nitrogens with one attached hydrogen (secondary N) is 1. The van der Waals surface area contributed by atoms with Gasteiger partial charge in [0.25, 0.3) is 0 Å². The molecule has 0 atom stereocenters. The lowest BCUT2D eigenvalue weighted by Crippen LogP contribution is -2.07. The quantitative estimate of drug-likeness (QED) is 0.756. The monoisotopic (exact) mass is 197 g/mol. The summed E-state index contributed by atoms with van der Waals surface area (Å²) in [5.74, 6) is -0.000973. The summed E-state index contributed by atoms with van der Waals surface area (Å²) in [5, 5.41) is 3.43. The standard InChI is InChI=1S/C9H11NO2S/c1-3-8(12)10-9-5-4-7(13-9)6(2)11/h4-5H,3H2,1-2H3,(H,10,12). The molecule has 0 aliphatic heterocycles. The first-order valence-electron chi connectivity index (χ1n) is 4.04. The fourth-order valence-electron chi connectivity index (χ4n) is 0.820. The largest absolute Gasteiger partial charge is 0.318 e. The molecule has 0 unspecified atom stereocenters. The number of Topliss-reactive ketones (excluding diaryl/α,β-unsaturated/α-hetero) is 1. The van der Waals surface area contributed by atoms with E-state index in [1.807, 2.05) is 0 Å². The van der Waals surface area contributed by atoms with E-state index in [-0.39, 0.29) is 11.7 Å². The number of thiophene rings is 1. The average molecular weight is 197 g/mol. The summed E-state index contributed by atoms with van der Waals surface area (Å²) in [6, 6.07) is 3.47. The Morgan fingerprint density at radius 2 is 2.15 bits per heavy atom. The fourth-order valence-corrected chi connectivity index (χ4v) is 1.64. The van der Waals surface area contributed by atoms with Crippen LogP contribution in [0.25, 0.3) is 0 Å². The molecule has 3 nitrogen and oxygen atoms in total. The van der Waals surface area contributed by atoms with Crippen LogP contribution in [0.4, 0.5) is 5.00 Å². The van der Waals surface area contributed by atoms with Gasteiger partial charge in [0.1, 0.15) is 0 Å². The minimum absolute atomic E-state index is 0.0296. The second-order valence-corrected chi connectivity index (χ2v) is 3.71. The van der Waals surface area contributed by atoms with Gasteiger partial charge in [-0.1, -0.05) is 6.92 Å². The highest BCUT2D eigenvalue weighted by atomic mass is 32.1. The lowest BCUT2D eigenvalue weighted by molar-refractivity contribution is -0.115. The maximum Gasteiger partial charge on any atom is 0.224 e. The van der Waals surface area contributed by atoms with Crippen molar-refractivity contribution in [2.75, 3.05) is 5.32 Å². The lowest BCUT2D eigenvalue weighted by atomic mass is 10.3. The first kappa shape index (κ1) is 9.92. The van der Waals surface area contributed by atoms with Crippen molar-refractivity contribution in [2.45, 2.75) is 20.3 Å². The summed E-state index contributed by atoms with van der Waals surface area (Å²) in [6.45, 7) is 3.30. The van der Waals surface area contributed by atoms with Crippen molar-refractivity contribution in [1.29, 1.82) is 0 Å². The zero-order valence-electron chi connectivity index (χ0n) is 7.59. The van der Waals surface area contributed by atoms with Gasteiger partial charge >= 0.3 is 0 Å². The molecule has 1 amide bonds. The topological polar surface area (TPSA) is 46.2 Å². The third kappa shape index (κ3) is 2.66. The van der Waals surface area contributed by atoms with Crippen LogP contribution in [0.2, 0.25) is 0 Å². The van der Waals surface area contributed by atoms with Crippen LogP contribution in [0, 0.1) is 0 Å². The van der Waals surface area contributed by atoms with Gasteiger partial charge in [-0.05, 0) is 19.1 Å². The van der Waals surface area contributed by atoms with Crippen LogP contribution in [0.5, 0.6) is 0 Å². The zero-order valence-corrected chi connectivity index (χ0v) is 8.40. The highest BCUT2D eigenvalue weighted by Crippen LogP contribution is 2.22. The molecular weight excluding hydrogens is 186 g/mol. The predicted octanol–water partition coefficient (Wildman–Crippen LogP) is 2.30. The molecule has 13 heavy (non-hydrogen) atoms. The maximum absolute atomic E-state index is 11.0. The minimum atomic E-state index is -0.0306. The molecule has 0 fully saturated rings. The molecule has 1 N–H and O–H groups in total. The van der Waals surface area contributed by atoms with Gasteiger partial charge < -0.3 is 5.32 Å². The first-order chi connectivity index (χ1) is 6.13. The lowest BCUT2D eigenvalue weighted by Gasteiger charge is -1.96. The number of hydrogen-bond donors (Lipinski definition) is 1. The smallest absolute Gasteiger partial charge is 0.224 e. The normalized spacial score (nSPS) is 9.69. The van der Waals surface area contributed by atoms with E-state index in [2.05, 4.69) is 5.32 Å². The number of rotatable bonds is 3. The van der Waals surface area contributed by atoms with Gasteiger partial charge in [-0.2, -0.15) is 0 Å². The van der Waals surface area contributed by atoms with Crippen molar-refractivity contribution >= 4 is 28.0 Å². The second kappa shape index (κ2) is 4.18. The maximum atomic E-state index is 11.0. The number of anilines is 1. The van der Waals surface area contributed by atoms with E-state index in [4.69, 9.17) is 0 Å². The first-order valence-corrected chi connectivity index (χ1v) is 4.85. The van der Waals surface area contributed by atoms with Gasteiger partial charge in [0.15, 0.2) is 5.78 Å². The molecule has 0 saturated heterocycles. The fraction of sp³-hybridized carbons (Fsp3) is 0.333. The second-order valence-electron chi connectivity index (χ2n) is 2.62. The Kier molecular flexibility index (Phi) is 3.19. The van der Waals surface area contributed by atoms with E-state index in [0.717, 1.165) is 5.00 Å². The van der Waals surface area contributed by atoms with Crippen molar-refractivity contribution in [3.05, 3.63) is 17.0 Å². The number of ketones is 1. The highest BCUT2D eigenvalue weighted by Gasteiger charge is 2.05. The SMILES string of the molecule is CCC(=O)Nc1ccc(C(C)=O)s1. The molecule has 0 radical (unpaired) electrons. The summed E-state index contributed by atoms with van der Waals surface area (Å²) in [6.07, 6.45) is 0.452. The number of carbonyl (C=O) groups is 2. The molecule has 0 aliphatic rings. The number of amides is 1. The van der Waals surface area contributed by atoms with Gasteiger partial charge in [0.05, 0.1) is 9.88 Å². The molecule has 1 rings (SSSR count). The van der Waals surface area contributed by atoms with E-state index >= 15 is 0 Å². The van der Waals surface area contributed by atoms with E-state index < -0.39 is 0 Å². The van der Waals surface area contributed by atoms with Crippen molar-refractivity contribution in [3.63, 3.8) is 0 Å². The van der Waals surface area contributed by atoms with Gasteiger partial charge in [0.2, 0.25) is 5.91 Å². The molecule has 0 saturated carbocycles. The van der Waals surface area contributed by atoms with Crippen LogP contribution in [0.15, 0.2) is 12.1 Å². The summed E-state index contributed by atoms with van der Waals surface area (Å²) in [5.41, 5.74) is 0. The molecule has 0 spiro atoms. The number of carbonyl (C=O) groups excluding carboxylic acids is 2. The van der Waals surface area contributed by atoms with Crippen LogP contribution in [0.1, 0.15) is 29.9 Å². The van der Waals surface area contributed by atoms with Crippen LogP contribution < -0.4 is 5.32 Å². The van der Waals surface area contributed by atoms with Gasteiger partial charge in [0, 0.05) is 6.42 Å². The van der Waals surface area contributed by atoms with Crippen LogP contribution in [0.3, 0.4) is 0 Å². The van der Waals surface area contributed by atoms with Crippen LogP contribution in [-0.4, -0.2) is 11.7 Å². The molecule has 70 valence electrons. The van der Waals surface area contributed by atoms with Crippen molar-refractivity contribution < 1.29 is 9.59 Å². The van der Waals surface area contributed by atoms with E-state index in [0.29, 0.717) is 11.3 Å².